The van der Waals surface area contributed by atoms with Crippen LogP contribution in [-0.4, -0.2) is 42.3 Å². The number of fused-ring (bicyclic) bond motifs is 3. The molecule has 3 atom stereocenters. The SMILES string of the molecule is CCC(CC(=O)NC[C@@H]1C[C@@H]1C(=O)O)NC(=O)OCC1c2ccccc2-c2ccccc21. The Labute approximate surface area is 187 Å². The van der Waals surface area contributed by atoms with Crippen molar-refractivity contribution in [1.29, 1.82) is 0 Å². The van der Waals surface area contributed by atoms with Crippen molar-refractivity contribution < 1.29 is 24.2 Å². The molecule has 1 unspecified atom stereocenters. The number of amides is 2. The van der Waals surface area contributed by atoms with Crippen LogP contribution in [0.5, 0.6) is 0 Å². The van der Waals surface area contributed by atoms with Crippen LogP contribution in [0.1, 0.15) is 43.2 Å². The van der Waals surface area contributed by atoms with Gasteiger partial charge >= 0.3 is 12.1 Å². The van der Waals surface area contributed by atoms with E-state index >= 15 is 0 Å². The fourth-order valence-corrected chi connectivity index (χ4v) is 4.42. The van der Waals surface area contributed by atoms with E-state index in [4.69, 9.17) is 9.84 Å². The van der Waals surface area contributed by atoms with Crippen LogP contribution in [0.2, 0.25) is 0 Å². The third-order valence-electron chi connectivity index (χ3n) is 6.39. The van der Waals surface area contributed by atoms with Crippen molar-refractivity contribution in [3.05, 3.63) is 59.7 Å². The maximum Gasteiger partial charge on any atom is 0.407 e. The van der Waals surface area contributed by atoms with E-state index in [1.165, 1.54) is 11.1 Å². The third-order valence-corrected chi connectivity index (χ3v) is 6.39. The fraction of sp³-hybridized carbons (Fsp3) is 0.400. The summed E-state index contributed by atoms with van der Waals surface area (Å²) in [4.78, 5) is 35.5. The van der Waals surface area contributed by atoms with E-state index in [1.807, 2.05) is 31.2 Å². The number of rotatable bonds is 9. The molecule has 7 nitrogen and oxygen atoms in total. The molecule has 32 heavy (non-hydrogen) atoms. The molecule has 7 heteroatoms. The summed E-state index contributed by atoms with van der Waals surface area (Å²) in [6, 6.07) is 15.9. The summed E-state index contributed by atoms with van der Waals surface area (Å²) < 4.78 is 5.56. The van der Waals surface area contributed by atoms with Crippen LogP contribution in [0.4, 0.5) is 4.79 Å². The maximum atomic E-state index is 12.4. The minimum Gasteiger partial charge on any atom is -0.481 e. The number of ether oxygens (including phenoxy) is 1. The van der Waals surface area contributed by atoms with Crippen LogP contribution < -0.4 is 10.6 Å². The van der Waals surface area contributed by atoms with E-state index in [2.05, 4.69) is 34.9 Å². The van der Waals surface area contributed by atoms with Gasteiger partial charge in [0.1, 0.15) is 6.61 Å². The van der Waals surface area contributed by atoms with E-state index < -0.39 is 12.1 Å². The lowest BCUT2D eigenvalue weighted by molar-refractivity contribution is -0.139. The molecule has 168 valence electrons. The highest BCUT2D eigenvalue weighted by Crippen LogP contribution is 2.44. The Kier molecular flexibility index (Phi) is 6.44. The van der Waals surface area contributed by atoms with Crippen molar-refractivity contribution in [2.75, 3.05) is 13.2 Å². The lowest BCUT2D eigenvalue weighted by Gasteiger charge is -2.19. The summed E-state index contributed by atoms with van der Waals surface area (Å²) in [7, 11) is 0. The van der Waals surface area contributed by atoms with Gasteiger partial charge in [-0.15, -0.1) is 0 Å². The number of benzene rings is 2. The van der Waals surface area contributed by atoms with Crippen molar-refractivity contribution in [2.45, 2.75) is 38.1 Å². The summed E-state index contributed by atoms with van der Waals surface area (Å²) in [5.74, 6) is -1.38. The number of carbonyl (C=O) groups is 3. The number of hydrogen-bond acceptors (Lipinski definition) is 4. The predicted octanol–water partition coefficient (Wildman–Crippen LogP) is 3.53. The lowest BCUT2D eigenvalue weighted by Crippen LogP contribution is -2.40. The van der Waals surface area contributed by atoms with Crippen LogP contribution in [-0.2, 0) is 14.3 Å². The first-order valence-corrected chi connectivity index (χ1v) is 11.1. The predicted molar refractivity (Wildman–Crippen MR) is 119 cm³/mol. The number of hydrogen-bond donors (Lipinski definition) is 3. The average Bonchev–Trinajstić information content (AvgIpc) is 3.51. The van der Waals surface area contributed by atoms with E-state index in [1.54, 1.807) is 0 Å². The first-order chi connectivity index (χ1) is 15.5. The van der Waals surface area contributed by atoms with Gasteiger partial charge in [0.15, 0.2) is 0 Å². The largest absolute Gasteiger partial charge is 0.481 e. The van der Waals surface area contributed by atoms with Gasteiger partial charge in [-0.05, 0) is 41.0 Å². The zero-order valence-corrected chi connectivity index (χ0v) is 18.0. The van der Waals surface area contributed by atoms with E-state index in [9.17, 15) is 14.4 Å². The molecule has 0 bridgehead atoms. The zero-order valence-electron chi connectivity index (χ0n) is 18.0. The smallest absolute Gasteiger partial charge is 0.407 e. The Bertz CT molecular complexity index is 975. The molecule has 0 radical (unpaired) electrons. The first kappa shape index (κ1) is 21.9. The number of alkyl carbamates (subject to hydrolysis) is 1. The maximum absolute atomic E-state index is 12.4. The molecule has 2 aromatic rings. The molecule has 2 aliphatic rings. The second kappa shape index (κ2) is 9.42. The Balaban J connectivity index is 1.27. The van der Waals surface area contributed by atoms with Gasteiger partial charge in [0.2, 0.25) is 5.91 Å². The second-order valence-electron chi connectivity index (χ2n) is 8.52. The lowest BCUT2D eigenvalue weighted by atomic mass is 9.98. The fourth-order valence-electron chi connectivity index (χ4n) is 4.42. The highest BCUT2D eigenvalue weighted by atomic mass is 16.5. The Morgan fingerprint density at radius 2 is 1.69 bits per heavy atom. The molecule has 0 aliphatic heterocycles. The van der Waals surface area contributed by atoms with E-state index in [0.29, 0.717) is 19.4 Å². The van der Waals surface area contributed by atoms with Gasteiger partial charge < -0.3 is 20.5 Å². The molecule has 2 amide bonds. The van der Waals surface area contributed by atoms with Crippen molar-refractivity contribution in [2.24, 2.45) is 11.8 Å². The molecule has 2 aliphatic carbocycles. The van der Waals surface area contributed by atoms with Gasteiger partial charge in [-0.3, -0.25) is 9.59 Å². The summed E-state index contributed by atoms with van der Waals surface area (Å²) in [6.07, 6.45) is 0.772. The molecule has 1 fully saturated rings. The Hall–Kier alpha value is -3.35. The van der Waals surface area contributed by atoms with Crippen molar-refractivity contribution in [3.8, 4) is 11.1 Å². The second-order valence-corrected chi connectivity index (χ2v) is 8.52. The Morgan fingerprint density at radius 1 is 1.06 bits per heavy atom. The molecule has 0 aromatic heterocycles. The summed E-state index contributed by atoms with van der Waals surface area (Å²) in [6.45, 7) is 2.47. The standard InChI is InChI=1S/C25H28N2O5/c1-2-16(12-23(28)26-13-15-11-21(15)24(29)30)27-25(31)32-14-22-19-9-5-3-7-17(19)18-8-4-6-10-20(18)22/h3-10,15-16,21-22H,2,11-14H2,1H3,(H,26,28)(H,27,31)(H,29,30)/t15-,16?,21-/m0/s1. The van der Waals surface area contributed by atoms with Crippen LogP contribution in [0.15, 0.2) is 48.5 Å². The van der Waals surface area contributed by atoms with Crippen LogP contribution >= 0.6 is 0 Å². The van der Waals surface area contributed by atoms with Crippen LogP contribution in [0, 0.1) is 11.8 Å². The zero-order chi connectivity index (χ0) is 22.7. The molecule has 0 saturated heterocycles. The summed E-state index contributed by atoms with van der Waals surface area (Å²) >= 11 is 0. The van der Waals surface area contributed by atoms with Crippen molar-refractivity contribution in [1.82, 2.24) is 10.6 Å². The highest BCUT2D eigenvalue weighted by molar-refractivity contribution is 5.80. The van der Waals surface area contributed by atoms with Gasteiger partial charge in [-0.1, -0.05) is 55.5 Å². The quantitative estimate of drug-likeness (QED) is 0.558. The summed E-state index contributed by atoms with van der Waals surface area (Å²) in [5, 5.41) is 14.5. The number of carboxylic acids is 1. The highest BCUT2D eigenvalue weighted by Gasteiger charge is 2.43. The topological polar surface area (TPSA) is 105 Å². The molecule has 4 rings (SSSR count). The minimum atomic E-state index is -0.812. The Morgan fingerprint density at radius 3 is 2.25 bits per heavy atom. The molecule has 3 N–H and O–H groups in total. The van der Waals surface area contributed by atoms with Crippen LogP contribution in [0.3, 0.4) is 0 Å². The monoisotopic (exact) mass is 436 g/mol. The van der Waals surface area contributed by atoms with Gasteiger partial charge in [0.05, 0.1) is 5.92 Å². The van der Waals surface area contributed by atoms with Crippen molar-refractivity contribution >= 4 is 18.0 Å². The number of aliphatic carboxylic acids is 1. The van der Waals surface area contributed by atoms with E-state index in [-0.39, 0.29) is 42.7 Å². The molecular weight excluding hydrogens is 408 g/mol. The molecule has 0 heterocycles. The third kappa shape index (κ3) is 4.77. The van der Waals surface area contributed by atoms with Crippen LogP contribution in [0.25, 0.3) is 11.1 Å². The molecular formula is C25H28N2O5. The average molecular weight is 437 g/mol. The van der Waals surface area contributed by atoms with E-state index in [0.717, 1.165) is 11.1 Å². The van der Waals surface area contributed by atoms with Gasteiger partial charge in [-0.2, -0.15) is 0 Å². The summed E-state index contributed by atoms with van der Waals surface area (Å²) in [5.41, 5.74) is 4.63. The van der Waals surface area contributed by atoms with Gasteiger partial charge in [-0.25, -0.2) is 4.79 Å². The molecule has 1 saturated carbocycles. The number of carboxylic acid groups (broad SMARTS) is 1. The number of nitrogens with one attached hydrogen (secondary N) is 2. The minimum absolute atomic E-state index is 0.00613. The normalized spacial score (nSPS) is 19.4. The first-order valence-electron chi connectivity index (χ1n) is 11.1. The van der Waals surface area contributed by atoms with Gasteiger partial charge in [0, 0.05) is 24.9 Å². The molecule has 2 aromatic carbocycles. The number of carbonyl (C=O) groups excluding carboxylic acids is 2. The molecule has 0 spiro atoms. The van der Waals surface area contributed by atoms with Gasteiger partial charge in [0.25, 0.3) is 0 Å². The van der Waals surface area contributed by atoms with Crippen molar-refractivity contribution in [3.63, 3.8) is 0 Å².